The van der Waals surface area contributed by atoms with Gasteiger partial charge in [0.25, 0.3) is 0 Å². The van der Waals surface area contributed by atoms with Crippen LogP contribution in [0.2, 0.25) is 0 Å². The van der Waals surface area contributed by atoms with Crippen LogP contribution in [0.25, 0.3) is 0 Å². The first-order valence-corrected chi connectivity index (χ1v) is 7.26. The molecule has 0 aliphatic carbocycles. The van der Waals surface area contributed by atoms with Crippen molar-refractivity contribution in [2.45, 2.75) is 31.4 Å². The van der Waals surface area contributed by atoms with Gasteiger partial charge in [-0.05, 0) is 33.1 Å². The average Bonchev–Trinajstić information content (AvgIpc) is 2.11. The van der Waals surface area contributed by atoms with Gasteiger partial charge in [-0.25, -0.2) is 0 Å². The molecular formula is C9H20N2OS2. The van der Waals surface area contributed by atoms with Gasteiger partial charge in [0.15, 0.2) is 0 Å². The van der Waals surface area contributed by atoms with Crippen LogP contribution in [-0.4, -0.2) is 30.0 Å². The molecule has 0 atom stereocenters. The minimum Gasteiger partial charge on any atom is -0.355 e. The lowest BCUT2D eigenvalue weighted by atomic mass is 10.2. The SMILES string of the molecule is CSSC(C)(C)CNC(=O)CCCN. The predicted molar refractivity (Wildman–Crippen MR) is 66.5 cm³/mol. The van der Waals surface area contributed by atoms with Crippen molar-refractivity contribution in [3.8, 4) is 0 Å². The second kappa shape index (κ2) is 7.43. The molecule has 0 aromatic heterocycles. The third kappa shape index (κ3) is 7.53. The fourth-order valence-electron chi connectivity index (χ4n) is 0.918. The van der Waals surface area contributed by atoms with E-state index in [1.807, 2.05) is 6.26 Å². The topological polar surface area (TPSA) is 55.1 Å². The van der Waals surface area contributed by atoms with E-state index in [4.69, 9.17) is 5.73 Å². The van der Waals surface area contributed by atoms with Crippen LogP contribution in [0.4, 0.5) is 0 Å². The molecule has 3 N–H and O–H groups in total. The highest BCUT2D eigenvalue weighted by Gasteiger charge is 2.18. The van der Waals surface area contributed by atoms with Gasteiger partial charge in [0.05, 0.1) is 0 Å². The average molecular weight is 236 g/mol. The Balaban J connectivity index is 3.64. The Bertz CT molecular complexity index is 174. The van der Waals surface area contributed by atoms with Gasteiger partial charge < -0.3 is 11.1 Å². The maximum absolute atomic E-state index is 11.3. The van der Waals surface area contributed by atoms with Crippen molar-refractivity contribution in [2.75, 3.05) is 19.3 Å². The van der Waals surface area contributed by atoms with Crippen LogP contribution in [-0.2, 0) is 4.79 Å². The fourth-order valence-corrected chi connectivity index (χ4v) is 3.03. The molecular weight excluding hydrogens is 216 g/mol. The number of rotatable bonds is 7. The minimum absolute atomic E-state index is 0.0950. The van der Waals surface area contributed by atoms with Crippen LogP contribution in [0.3, 0.4) is 0 Å². The van der Waals surface area contributed by atoms with E-state index >= 15 is 0 Å². The summed E-state index contributed by atoms with van der Waals surface area (Å²) >= 11 is 0. The molecule has 14 heavy (non-hydrogen) atoms. The lowest BCUT2D eigenvalue weighted by molar-refractivity contribution is -0.121. The van der Waals surface area contributed by atoms with E-state index in [9.17, 15) is 4.79 Å². The Kier molecular flexibility index (Phi) is 7.49. The van der Waals surface area contributed by atoms with Gasteiger partial charge in [0.1, 0.15) is 0 Å². The zero-order chi connectivity index (χ0) is 11.0. The summed E-state index contributed by atoms with van der Waals surface area (Å²) in [5.41, 5.74) is 5.32. The molecule has 5 heteroatoms. The number of hydrogen-bond donors (Lipinski definition) is 2. The maximum atomic E-state index is 11.3. The lowest BCUT2D eigenvalue weighted by Crippen LogP contribution is -2.35. The van der Waals surface area contributed by atoms with Crippen LogP contribution < -0.4 is 11.1 Å². The number of nitrogens with two attached hydrogens (primary N) is 1. The summed E-state index contributed by atoms with van der Waals surface area (Å²) in [6, 6.07) is 0. The van der Waals surface area contributed by atoms with Crippen molar-refractivity contribution in [2.24, 2.45) is 5.73 Å². The van der Waals surface area contributed by atoms with E-state index in [-0.39, 0.29) is 10.7 Å². The van der Waals surface area contributed by atoms with Crippen LogP contribution in [0.1, 0.15) is 26.7 Å². The predicted octanol–water partition coefficient (Wildman–Crippen LogP) is 1.63. The van der Waals surface area contributed by atoms with Gasteiger partial charge in [0, 0.05) is 17.7 Å². The van der Waals surface area contributed by atoms with E-state index in [0.29, 0.717) is 19.5 Å². The van der Waals surface area contributed by atoms with Gasteiger partial charge in [-0.2, -0.15) is 0 Å². The molecule has 0 aromatic carbocycles. The molecule has 0 unspecified atom stereocenters. The number of nitrogens with one attached hydrogen (secondary N) is 1. The maximum Gasteiger partial charge on any atom is 0.220 e. The van der Waals surface area contributed by atoms with Crippen molar-refractivity contribution in [3.63, 3.8) is 0 Å². The van der Waals surface area contributed by atoms with Gasteiger partial charge in [-0.15, -0.1) is 0 Å². The third-order valence-electron chi connectivity index (χ3n) is 1.63. The van der Waals surface area contributed by atoms with Crippen LogP contribution in [0.5, 0.6) is 0 Å². The standard InChI is InChI=1S/C9H20N2OS2/c1-9(2,14-13-3)7-11-8(12)5-4-6-10/h4-7,10H2,1-3H3,(H,11,12). The highest BCUT2D eigenvalue weighted by molar-refractivity contribution is 8.76. The molecule has 0 spiro atoms. The Labute approximate surface area is 94.4 Å². The Morgan fingerprint density at radius 2 is 2.14 bits per heavy atom. The van der Waals surface area contributed by atoms with E-state index < -0.39 is 0 Å². The smallest absolute Gasteiger partial charge is 0.220 e. The van der Waals surface area contributed by atoms with Crippen molar-refractivity contribution < 1.29 is 4.79 Å². The second-order valence-electron chi connectivity index (χ2n) is 3.68. The molecule has 0 radical (unpaired) electrons. The number of carbonyl (C=O) groups excluding carboxylic acids is 1. The van der Waals surface area contributed by atoms with E-state index in [0.717, 1.165) is 6.42 Å². The molecule has 0 aliphatic heterocycles. The summed E-state index contributed by atoms with van der Waals surface area (Å²) in [6.45, 7) is 5.53. The van der Waals surface area contributed by atoms with Crippen LogP contribution in [0.15, 0.2) is 0 Å². The fraction of sp³-hybridized carbons (Fsp3) is 0.889. The highest BCUT2D eigenvalue weighted by atomic mass is 33.1. The molecule has 0 rings (SSSR count). The molecule has 0 aromatic rings. The quantitative estimate of drug-likeness (QED) is 0.660. The molecule has 0 fully saturated rings. The van der Waals surface area contributed by atoms with Crippen molar-refractivity contribution in [1.82, 2.24) is 5.32 Å². The molecule has 0 saturated carbocycles. The molecule has 0 heterocycles. The first-order chi connectivity index (χ1) is 6.52. The van der Waals surface area contributed by atoms with Crippen LogP contribution in [0, 0.1) is 0 Å². The Morgan fingerprint density at radius 3 is 2.64 bits per heavy atom. The summed E-state index contributed by atoms with van der Waals surface area (Å²) in [5.74, 6) is 0.102. The number of carbonyl (C=O) groups is 1. The minimum atomic E-state index is 0.0950. The van der Waals surface area contributed by atoms with Crippen molar-refractivity contribution >= 4 is 27.5 Å². The third-order valence-corrected chi connectivity index (χ3v) is 4.24. The molecule has 0 bridgehead atoms. The number of amides is 1. The summed E-state index contributed by atoms with van der Waals surface area (Å²) in [7, 11) is 3.50. The second-order valence-corrected chi connectivity index (χ2v) is 6.78. The lowest BCUT2D eigenvalue weighted by Gasteiger charge is -2.22. The Morgan fingerprint density at radius 1 is 1.50 bits per heavy atom. The molecule has 84 valence electrons. The van der Waals surface area contributed by atoms with E-state index in [1.54, 1.807) is 21.6 Å². The van der Waals surface area contributed by atoms with Gasteiger partial charge >= 0.3 is 0 Å². The van der Waals surface area contributed by atoms with Crippen LogP contribution >= 0.6 is 21.6 Å². The van der Waals surface area contributed by atoms with E-state index in [2.05, 4.69) is 19.2 Å². The Hall–Kier alpha value is 0.130. The molecule has 3 nitrogen and oxygen atoms in total. The normalized spacial score (nSPS) is 11.4. The summed E-state index contributed by atoms with van der Waals surface area (Å²) in [4.78, 5) is 11.3. The van der Waals surface area contributed by atoms with Crippen molar-refractivity contribution in [1.29, 1.82) is 0 Å². The molecule has 0 saturated heterocycles. The summed E-state index contributed by atoms with van der Waals surface area (Å²) in [6.07, 6.45) is 3.35. The van der Waals surface area contributed by atoms with Crippen molar-refractivity contribution in [3.05, 3.63) is 0 Å². The van der Waals surface area contributed by atoms with Gasteiger partial charge in [-0.3, -0.25) is 4.79 Å². The first kappa shape index (κ1) is 14.1. The first-order valence-electron chi connectivity index (χ1n) is 4.70. The summed E-state index contributed by atoms with van der Waals surface area (Å²) < 4.78 is 0.0950. The number of hydrogen-bond acceptors (Lipinski definition) is 4. The summed E-state index contributed by atoms with van der Waals surface area (Å²) in [5, 5.41) is 2.91. The van der Waals surface area contributed by atoms with Gasteiger partial charge in [0.2, 0.25) is 5.91 Å². The molecule has 1 amide bonds. The zero-order valence-electron chi connectivity index (χ0n) is 9.13. The monoisotopic (exact) mass is 236 g/mol. The van der Waals surface area contributed by atoms with E-state index in [1.165, 1.54) is 0 Å². The van der Waals surface area contributed by atoms with Gasteiger partial charge in [-0.1, -0.05) is 21.6 Å². The molecule has 0 aliphatic rings. The largest absolute Gasteiger partial charge is 0.355 e. The zero-order valence-corrected chi connectivity index (χ0v) is 10.8. The highest BCUT2D eigenvalue weighted by Crippen LogP contribution is 2.32.